The third-order valence-electron chi connectivity index (χ3n) is 2.99. The second-order valence-electron chi connectivity index (χ2n) is 4.26. The fraction of sp³-hybridized carbons (Fsp3) is 0.800. The third kappa shape index (κ3) is 3.46. The van der Waals surface area contributed by atoms with Gasteiger partial charge in [-0.2, -0.15) is 4.63 Å². The van der Waals surface area contributed by atoms with Gasteiger partial charge >= 0.3 is 11.9 Å². The summed E-state index contributed by atoms with van der Waals surface area (Å²) in [6.45, 7) is 2.63. The van der Waals surface area contributed by atoms with E-state index in [1.54, 1.807) is 6.92 Å². The number of hydrogen-bond acceptors (Lipinski definition) is 6. The molecule has 0 unspecified atom stereocenters. The Hall–Kier alpha value is -2.06. The van der Waals surface area contributed by atoms with Crippen LogP contribution in [0.5, 0.6) is 0 Å². The van der Waals surface area contributed by atoms with E-state index in [1.807, 2.05) is 5.01 Å². The normalized spacial score (nSPS) is 16.6. The van der Waals surface area contributed by atoms with E-state index in [4.69, 9.17) is 19.3 Å². The maximum atomic E-state index is 10.9. The van der Waals surface area contributed by atoms with Crippen LogP contribution in [0, 0.1) is 5.92 Å². The molecule has 1 aliphatic rings. The lowest BCUT2D eigenvalue weighted by molar-refractivity contribution is -0.159. The van der Waals surface area contributed by atoms with Crippen LogP contribution in [0.1, 0.15) is 26.2 Å². The predicted octanol–water partition coefficient (Wildman–Crippen LogP) is -0.345. The molecule has 2 heterocycles. The Morgan fingerprint density at radius 2 is 2.05 bits per heavy atom. The Labute approximate surface area is 109 Å². The average molecular weight is 275 g/mol. The van der Waals surface area contributed by atoms with Crippen LogP contribution < -0.4 is 9.85 Å². The van der Waals surface area contributed by atoms with E-state index in [2.05, 4.69) is 0 Å². The Morgan fingerprint density at radius 3 is 2.63 bits per heavy atom. The summed E-state index contributed by atoms with van der Waals surface area (Å²) in [7, 11) is 0. The van der Waals surface area contributed by atoms with Gasteiger partial charge in [-0.25, -0.2) is 0 Å². The number of rotatable bonds is 6. The number of carboxylic acids is 1. The van der Waals surface area contributed by atoms with Gasteiger partial charge in [0.05, 0.1) is 5.92 Å². The largest absolute Gasteiger partial charge is 0.481 e. The summed E-state index contributed by atoms with van der Waals surface area (Å²) in [6, 6.07) is 0. The molecule has 0 aromatic carbocycles. The summed E-state index contributed by atoms with van der Waals surface area (Å²) in [6.07, 6.45) is 1.42. The summed E-state index contributed by atoms with van der Waals surface area (Å²) in [5.41, 5.74) is 0. The van der Waals surface area contributed by atoms with Crippen molar-refractivity contribution in [3.8, 4) is 0 Å². The lowest BCUT2D eigenvalue weighted by Crippen LogP contribution is -2.42. The van der Waals surface area contributed by atoms with Gasteiger partial charge in [0.2, 0.25) is 0 Å². The molecule has 0 bridgehead atoms. The van der Waals surface area contributed by atoms with Crippen molar-refractivity contribution in [3.63, 3.8) is 0 Å². The van der Waals surface area contributed by atoms with Crippen molar-refractivity contribution in [2.75, 3.05) is 24.9 Å². The van der Waals surface area contributed by atoms with Gasteiger partial charge in [0, 0.05) is 24.5 Å². The minimum absolute atomic E-state index is 0.214. The quantitative estimate of drug-likeness (QED) is 0.559. The molecule has 0 amide bonds. The van der Waals surface area contributed by atoms with E-state index < -0.39 is 5.97 Å². The number of carbonyl (C=O) groups is 2. The van der Waals surface area contributed by atoms with Crippen LogP contribution in [0.2, 0.25) is 0 Å². The molecule has 9 heteroatoms. The van der Waals surface area contributed by atoms with Crippen molar-refractivity contribution in [2.45, 2.75) is 26.2 Å². The van der Waals surface area contributed by atoms with Crippen molar-refractivity contribution >= 4 is 11.9 Å². The van der Waals surface area contributed by atoms with Crippen molar-refractivity contribution in [3.05, 3.63) is 0 Å². The SMILES string of the molecule is CCC(=O)OCOn1on1N1CCC(C(=O)O)CC1. The number of hydrogen-bond donors (Lipinski definition) is 1. The van der Waals surface area contributed by atoms with Crippen molar-refractivity contribution in [1.29, 1.82) is 0 Å². The molecule has 0 aliphatic carbocycles. The Balaban J connectivity index is 1.69. The summed E-state index contributed by atoms with van der Waals surface area (Å²) < 4.78 is 9.72. The van der Waals surface area contributed by atoms with Gasteiger partial charge in [-0.3, -0.25) is 14.6 Å². The van der Waals surface area contributed by atoms with Gasteiger partial charge in [0.15, 0.2) is 0 Å². The smallest absolute Gasteiger partial charge is 0.308 e. The molecule has 1 saturated heterocycles. The van der Waals surface area contributed by atoms with Crippen LogP contribution in [-0.4, -0.2) is 46.9 Å². The summed E-state index contributed by atoms with van der Waals surface area (Å²) in [5.74, 6) is -1.40. The van der Waals surface area contributed by atoms with E-state index >= 15 is 0 Å². The van der Waals surface area contributed by atoms with Gasteiger partial charge in [-0.1, -0.05) is 6.92 Å². The molecular weight excluding hydrogens is 258 g/mol. The monoisotopic (exact) mass is 275 g/mol. The van der Waals surface area contributed by atoms with E-state index in [-0.39, 0.29) is 25.1 Å². The number of piperidine rings is 1. The first-order valence-corrected chi connectivity index (χ1v) is 6.16. The molecule has 108 valence electrons. The topological polar surface area (TPSA) is 99.1 Å². The van der Waals surface area contributed by atoms with Crippen LogP contribution in [0.3, 0.4) is 0 Å². The molecule has 1 N–H and O–H groups in total. The number of carbonyl (C=O) groups excluding carboxylic acids is 1. The summed E-state index contributed by atoms with van der Waals surface area (Å²) >= 11 is 0. The molecule has 0 saturated carbocycles. The van der Waals surface area contributed by atoms with Crippen LogP contribution in [0.15, 0.2) is 4.63 Å². The molecule has 1 aromatic rings. The Morgan fingerprint density at radius 1 is 1.37 bits per heavy atom. The maximum Gasteiger partial charge on any atom is 0.308 e. The molecule has 1 aliphatic heterocycles. The zero-order valence-corrected chi connectivity index (χ0v) is 10.7. The van der Waals surface area contributed by atoms with E-state index in [9.17, 15) is 9.59 Å². The highest BCUT2D eigenvalue weighted by atomic mass is 17.0. The van der Waals surface area contributed by atoms with Crippen molar-refractivity contribution in [1.82, 2.24) is 9.98 Å². The van der Waals surface area contributed by atoms with E-state index in [0.29, 0.717) is 25.9 Å². The van der Waals surface area contributed by atoms with Crippen LogP contribution in [0.25, 0.3) is 0 Å². The molecule has 19 heavy (non-hydrogen) atoms. The van der Waals surface area contributed by atoms with Gasteiger partial charge in [0.25, 0.3) is 6.79 Å². The lowest BCUT2D eigenvalue weighted by atomic mass is 9.98. The number of aliphatic carboxylic acids is 1. The highest BCUT2D eigenvalue weighted by Gasteiger charge is 2.29. The standard InChI is InChI=1S/C10H17N3O6/c1-2-9(14)17-7-18-13-12(19-13)11-5-3-8(4-6-11)10(15)16/h8H,2-7H2,1H3,(H,15,16). The van der Waals surface area contributed by atoms with E-state index in [1.165, 1.54) is 4.96 Å². The van der Waals surface area contributed by atoms with Gasteiger partial charge in [-0.05, 0) is 12.8 Å². The van der Waals surface area contributed by atoms with Crippen molar-refractivity contribution < 1.29 is 28.9 Å². The lowest BCUT2D eigenvalue weighted by Gasteiger charge is -2.26. The fourth-order valence-electron chi connectivity index (χ4n) is 1.80. The zero-order valence-electron chi connectivity index (χ0n) is 10.7. The fourth-order valence-corrected chi connectivity index (χ4v) is 1.80. The first-order chi connectivity index (χ1) is 9.11. The van der Waals surface area contributed by atoms with Gasteiger partial charge in [-0.15, -0.1) is 0 Å². The first-order valence-electron chi connectivity index (χ1n) is 6.16. The maximum absolute atomic E-state index is 10.9. The summed E-state index contributed by atoms with van der Waals surface area (Å²) in [5, 5.41) is 11.8. The molecule has 0 spiro atoms. The Bertz CT molecular complexity index is 425. The number of esters is 1. The van der Waals surface area contributed by atoms with Gasteiger partial charge < -0.3 is 14.7 Å². The molecule has 2 rings (SSSR count). The van der Waals surface area contributed by atoms with Crippen LogP contribution >= 0.6 is 0 Å². The highest BCUT2D eigenvalue weighted by Crippen LogP contribution is 2.17. The predicted molar refractivity (Wildman–Crippen MR) is 60.8 cm³/mol. The third-order valence-corrected chi connectivity index (χ3v) is 2.99. The summed E-state index contributed by atoms with van der Waals surface area (Å²) in [4.78, 5) is 28.0. The molecule has 9 nitrogen and oxygen atoms in total. The average Bonchev–Trinajstić information content (AvgIpc) is 3.18. The molecule has 1 aromatic heterocycles. The molecular formula is C10H17N3O6. The van der Waals surface area contributed by atoms with E-state index in [0.717, 1.165) is 5.02 Å². The first kappa shape index (κ1) is 13.4. The Kier molecular flexibility index (Phi) is 4.03. The molecule has 1 fully saturated rings. The van der Waals surface area contributed by atoms with Crippen LogP contribution in [-0.2, 0) is 14.3 Å². The number of ether oxygens (including phenoxy) is 1. The van der Waals surface area contributed by atoms with Gasteiger partial charge in [0.1, 0.15) is 5.02 Å². The number of nitrogens with zero attached hydrogens (tertiary/aromatic N) is 3. The second kappa shape index (κ2) is 5.72. The molecule has 0 atom stereocenters. The minimum atomic E-state index is -0.758. The molecule has 0 radical (unpaired) electrons. The minimum Gasteiger partial charge on any atom is -0.481 e. The van der Waals surface area contributed by atoms with Crippen molar-refractivity contribution in [2.24, 2.45) is 5.92 Å². The second-order valence-corrected chi connectivity index (χ2v) is 4.26. The number of aromatic nitrogens is 2. The number of carboxylic acid groups (broad SMARTS) is 1. The van der Waals surface area contributed by atoms with Crippen LogP contribution in [0.4, 0.5) is 0 Å². The zero-order chi connectivity index (χ0) is 13.8. The highest BCUT2D eigenvalue weighted by molar-refractivity contribution is 5.70.